The molecule has 0 aliphatic heterocycles. The molecule has 3 N–H and O–H groups in total. The number of hydrogen-bond donors (Lipinski definition) is 2. The van der Waals surface area contributed by atoms with Gasteiger partial charge in [0.05, 0.1) is 17.1 Å². The molecule has 1 aromatic heterocycles. The highest BCUT2D eigenvalue weighted by Crippen LogP contribution is 2.21. The maximum absolute atomic E-state index is 11.8. The van der Waals surface area contributed by atoms with E-state index in [2.05, 4.69) is 10.4 Å². The number of amides is 1. The van der Waals surface area contributed by atoms with Crippen molar-refractivity contribution >= 4 is 17.3 Å². The summed E-state index contributed by atoms with van der Waals surface area (Å²) in [6.07, 6.45) is 0. The van der Waals surface area contributed by atoms with E-state index in [1.165, 1.54) is 0 Å². The predicted molar refractivity (Wildman–Crippen MR) is 77.7 cm³/mol. The summed E-state index contributed by atoms with van der Waals surface area (Å²) >= 11 is 0. The smallest absolute Gasteiger partial charge is 0.262 e. The molecule has 20 heavy (non-hydrogen) atoms. The minimum Gasteiger partial charge on any atom is -0.480 e. The second-order valence-electron chi connectivity index (χ2n) is 4.55. The Morgan fingerprint density at radius 1 is 1.40 bits per heavy atom. The molecule has 0 spiro atoms. The number of anilines is 2. The van der Waals surface area contributed by atoms with Gasteiger partial charge >= 0.3 is 0 Å². The van der Waals surface area contributed by atoms with Crippen LogP contribution in [0.25, 0.3) is 0 Å². The van der Waals surface area contributed by atoms with Gasteiger partial charge in [-0.3, -0.25) is 9.48 Å². The Hall–Kier alpha value is -2.50. The van der Waals surface area contributed by atoms with Gasteiger partial charge in [0.25, 0.3) is 5.91 Å². The zero-order valence-electron chi connectivity index (χ0n) is 11.8. The van der Waals surface area contributed by atoms with E-state index >= 15 is 0 Å². The molecule has 2 aromatic rings. The largest absolute Gasteiger partial charge is 0.480 e. The van der Waals surface area contributed by atoms with E-state index in [0.717, 1.165) is 11.4 Å². The minimum absolute atomic E-state index is 0.0816. The van der Waals surface area contributed by atoms with E-state index in [1.54, 1.807) is 16.8 Å². The maximum Gasteiger partial charge on any atom is 0.262 e. The number of carbonyl (C=O) groups excluding carboxylic acids is 1. The van der Waals surface area contributed by atoms with E-state index < -0.39 is 0 Å². The summed E-state index contributed by atoms with van der Waals surface area (Å²) in [5, 5.41) is 6.94. The Morgan fingerprint density at radius 2 is 2.10 bits per heavy atom. The highest BCUT2D eigenvalue weighted by Gasteiger charge is 2.13. The molecule has 0 aliphatic rings. The lowest BCUT2D eigenvalue weighted by atomic mass is 10.2. The fourth-order valence-corrected chi connectivity index (χ4v) is 1.90. The van der Waals surface area contributed by atoms with Gasteiger partial charge in [0.1, 0.15) is 5.69 Å². The fraction of sp³-hybridized carbons (Fsp3) is 0.286. The molecule has 0 aliphatic carbocycles. The Balaban J connectivity index is 1.98. The van der Waals surface area contributed by atoms with Crippen molar-refractivity contribution in [2.75, 3.05) is 17.7 Å². The molecule has 1 amide bonds. The molecule has 0 saturated carbocycles. The molecular weight excluding hydrogens is 256 g/mol. The van der Waals surface area contributed by atoms with Crippen molar-refractivity contribution in [1.82, 2.24) is 9.78 Å². The summed E-state index contributed by atoms with van der Waals surface area (Å²) in [6.45, 7) is 3.65. The number of ether oxygens (including phenoxy) is 1. The molecule has 6 heteroatoms. The number of carbonyl (C=O) groups is 1. The molecule has 0 unspecified atom stereocenters. The monoisotopic (exact) mass is 274 g/mol. The van der Waals surface area contributed by atoms with Crippen molar-refractivity contribution in [3.63, 3.8) is 0 Å². The normalized spacial score (nSPS) is 10.3. The Morgan fingerprint density at radius 3 is 2.70 bits per heavy atom. The molecule has 0 radical (unpaired) electrons. The summed E-state index contributed by atoms with van der Waals surface area (Å²) < 4.78 is 7.25. The van der Waals surface area contributed by atoms with Crippen LogP contribution in [0.3, 0.4) is 0 Å². The summed E-state index contributed by atoms with van der Waals surface area (Å²) in [5.41, 5.74) is 8.51. The molecule has 6 nitrogen and oxygen atoms in total. The quantitative estimate of drug-likeness (QED) is 0.830. The van der Waals surface area contributed by atoms with Crippen molar-refractivity contribution < 1.29 is 9.53 Å². The number of rotatable bonds is 4. The summed E-state index contributed by atoms with van der Waals surface area (Å²) in [7, 11) is 1.83. The van der Waals surface area contributed by atoms with E-state index in [0.29, 0.717) is 17.1 Å². The van der Waals surface area contributed by atoms with Gasteiger partial charge in [-0.25, -0.2) is 0 Å². The number of nitrogens with one attached hydrogen (secondary N) is 1. The molecule has 2 rings (SSSR count). The summed E-state index contributed by atoms with van der Waals surface area (Å²) in [4.78, 5) is 11.8. The van der Waals surface area contributed by atoms with E-state index in [1.807, 2.05) is 33.0 Å². The van der Waals surface area contributed by atoms with Gasteiger partial charge in [-0.2, -0.15) is 5.10 Å². The van der Waals surface area contributed by atoms with Gasteiger partial charge in [-0.05, 0) is 26.0 Å². The second kappa shape index (κ2) is 5.64. The fourth-order valence-electron chi connectivity index (χ4n) is 1.90. The minimum atomic E-state index is -0.259. The van der Waals surface area contributed by atoms with Crippen LogP contribution in [0.15, 0.2) is 24.3 Å². The maximum atomic E-state index is 11.8. The topological polar surface area (TPSA) is 82.2 Å². The first-order valence-electron chi connectivity index (χ1n) is 6.26. The number of nitrogens with zero attached hydrogens (tertiary/aromatic N) is 2. The van der Waals surface area contributed by atoms with Crippen molar-refractivity contribution in [2.24, 2.45) is 7.05 Å². The first-order chi connectivity index (χ1) is 9.49. The van der Waals surface area contributed by atoms with Crippen molar-refractivity contribution in [1.29, 1.82) is 0 Å². The summed E-state index contributed by atoms with van der Waals surface area (Å²) in [5.74, 6) is 0.384. The molecule has 0 bridgehead atoms. The van der Waals surface area contributed by atoms with Gasteiger partial charge in [0.15, 0.2) is 12.4 Å². The third-order valence-corrected chi connectivity index (χ3v) is 3.03. The van der Waals surface area contributed by atoms with E-state index in [-0.39, 0.29) is 12.5 Å². The van der Waals surface area contributed by atoms with Crippen LogP contribution in [0.1, 0.15) is 11.4 Å². The Labute approximate surface area is 117 Å². The van der Waals surface area contributed by atoms with Gasteiger partial charge in [0, 0.05) is 7.05 Å². The number of para-hydroxylation sites is 2. The zero-order valence-corrected chi connectivity index (χ0v) is 11.8. The predicted octanol–water partition coefficient (Wildman–Crippen LogP) is 1.64. The number of hydrogen-bond acceptors (Lipinski definition) is 4. The van der Waals surface area contributed by atoms with E-state index in [9.17, 15) is 4.79 Å². The standard InChI is InChI=1S/C14H18N4O2/c1-9-14(10(2)18(3)17-9)20-8-13(19)16-12-7-5-4-6-11(12)15/h4-7H,8,15H2,1-3H3,(H,16,19). The molecule has 0 saturated heterocycles. The molecule has 0 fully saturated rings. The van der Waals surface area contributed by atoms with Crippen LogP contribution in [0.5, 0.6) is 5.75 Å². The second-order valence-corrected chi connectivity index (χ2v) is 4.55. The SMILES string of the molecule is Cc1nn(C)c(C)c1OCC(=O)Nc1ccccc1N. The van der Waals surface area contributed by atoms with E-state index in [4.69, 9.17) is 10.5 Å². The number of aromatic nitrogens is 2. The van der Waals surface area contributed by atoms with Gasteiger partial charge in [-0.1, -0.05) is 12.1 Å². The molecular formula is C14H18N4O2. The van der Waals surface area contributed by atoms with Crippen molar-refractivity contribution in [2.45, 2.75) is 13.8 Å². The lowest BCUT2D eigenvalue weighted by Gasteiger charge is -2.09. The van der Waals surface area contributed by atoms with Crippen LogP contribution >= 0.6 is 0 Å². The molecule has 1 aromatic carbocycles. The summed E-state index contributed by atoms with van der Waals surface area (Å²) in [6, 6.07) is 7.09. The molecule has 0 atom stereocenters. The third-order valence-electron chi connectivity index (χ3n) is 3.03. The first-order valence-corrected chi connectivity index (χ1v) is 6.26. The van der Waals surface area contributed by atoms with Gasteiger partial charge in [0.2, 0.25) is 0 Å². The molecule has 106 valence electrons. The van der Waals surface area contributed by atoms with Crippen LogP contribution in [-0.4, -0.2) is 22.3 Å². The number of nitrogen functional groups attached to an aromatic ring is 1. The van der Waals surface area contributed by atoms with Crippen LogP contribution < -0.4 is 15.8 Å². The Kier molecular flexibility index (Phi) is 3.93. The lowest BCUT2D eigenvalue weighted by Crippen LogP contribution is -2.21. The zero-order chi connectivity index (χ0) is 14.7. The number of aryl methyl sites for hydroxylation is 2. The molecule has 1 heterocycles. The van der Waals surface area contributed by atoms with Crippen LogP contribution in [-0.2, 0) is 11.8 Å². The highest BCUT2D eigenvalue weighted by molar-refractivity contribution is 5.94. The van der Waals surface area contributed by atoms with Crippen molar-refractivity contribution in [3.8, 4) is 5.75 Å². The highest BCUT2D eigenvalue weighted by atomic mass is 16.5. The van der Waals surface area contributed by atoms with Crippen LogP contribution in [0.4, 0.5) is 11.4 Å². The van der Waals surface area contributed by atoms with Crippen molar-refractivity contribution in [3.05, 3.63) is 35.7 Å². The average Bonchev–Trinajstić information content (AvgIpc) is 2.64. The average molecular weight is 274 g/mol. The van der Waals surface area contributed by atoms with Crippen LogP contribution in [0, 0.1) is 13.8 Å². The van der Waals surface area contributed by atoms with Gasteiger partial charge in [-0.15, -0.1) is 0 Å². The Bertz CT molecular complexity index is 634. The third kappa shape index (κ3) is 2.90. The first kappa shape index (κ1) is 13.9. The van der Waals surface area contributed by atoms with Gasteiger partial charge < -0.3 is 15.8 Å². The lowest BCUT2D eigenvalue weighted by molar-refractivity contribution is -0.118. The number of nitrogens with two attached hydrogens (primary N) is 1. The van der Waals surface area contributed by atoms with Crippen LogP contribution in [0.2, 0.25) is 0 Å². The number of benzene rings is 1.